The van der Waals surface area contributed by atoms with Crippen LogP contribution < -0.4 is 10.6 Å². The summed E-state index contributed by atoms with van der Waals surface area (Å²) in [6, 6.07) is 0.757. The molecule has 3 atom stereocenters. The van der Waals surface area contributed by atoms with Gasteiger partial charge in [-0.25, -0.2) is 0 Å². The molecule has 1 aliphatic carbocycles. The minimum atomic E-state index is 0.757. The maximum Gasteiger partial charge on any atom is 0.0204 e. The van der Waals surface area contributed by atoms with Crippen molar-refractivity contribution in [3.8, 4) is 0 Å². The van der Waals surface area contributed by atoms with E-state index in [1.165, 1.54) is 51.7 Å². The van der Waals surface area contributed by atoms with Crippen LogP contribution >= 0.6 is 0 Å². The van der Waals surface area contributed by atoms with E-state index < -0.39 is 0 Å². The molecule has 1 saturated heterocycles. The van der Waals surface area contributed by atoms with Crippen LogP contribution in [0.1, 0.15) is 39.0 Å². The fraction of sp³-hybridized carbons (Fsp3) is 1.00. The van der Waals surface area contributed by atoms with Crippen LogP contribution in [-0.4, -0.2) is 25.7 Å². The Labute approximate surface area is 87.8 Å². The second kappa shape index (κ2) is 5.13. The first-order chi connectivity index (χ1) is 6.84. The van der Waals surface area contributed by atoms with Crippen molar-refractivity contribution < 1.29 is 0 Å². The van der Waals surface area contributed by atoms with Crippen LogP contribution in [0, 0.1) is 11.8 Å². The maximum atomic E-state index is 3.71. The summed E-state index contributed by atoms with van der Waals surface area (Å²) < 4.78 is 0. The van der Waals surface area contributed by atoms with Gasteiger partial charge in [0.1, 0.15) is 0 Å². The molecule has 3 unspecified atom stereocenters. The Bertz CT molecular complexity index is 164. The van der Waals surface area contributed by atoms with Gasteiger partial charge in [0.2, 0.25) is 0 Å². The molecule has 0 aromatic rings. The third kappa shape index (κ3) is 2.96. The molecule has 2 heteroatoms. The molecule has 0 aromatic heterocycles. The van der Waals surface area contributed by atoms with Gasteiger partial charge >= 0.3 is 0 Å². The fourth-order valence-electron chi connectivity index (χ4n) is 2.91. The predicted octanol–water partition coefficient (Wildman–Crippen LogP) is 1.76. The fourth-order valence-corrected chi connectivity index (χ4v) is 2.91. The Morgan fingerprint density at radius 2 is 2.21 bits per heavy atom. The van der Waals surface area contributed by atoms with Crippen molar-refractivity contribution in [2.45, 2.75) is 45.1 Å². The average Bonchev–Trinajstić information content (AvgIpc) is 2.67. The van der Waals surface area contributed by atoms with Crippen LogP contribution in [-0.2, 0) is 0 Å². The molecule has 82 valence electrons. The van der Waals surface area contributed by atoms with Crippen LogP contribution in [0.5, 0.6) is 0 Å². The van der Waals surface area contributed by atoms with Gasteiger partial charge < -0.3 is 10.6 Å². The summed E-state index contributed by atoms with van der Waals surface area (Å²) in [6.45, 7) is 6.06. The van der Waals surface area contributed by atoms with Crippen LogP contribution in [0.15, 0.2) is 0 Å². The number of nitrogens with one attached hydrogen (secondary N) is 2. The molecule has 1 saturated carbocycles. The lowest BCUT2D eigenvalue weighted by atomic mass is 9.82. The standard InChI is InChI=1S/C12H24N2/c1-10-3-2-4-11(7-10)8-14-12-5-6-13-9-12/h10-14H,2-9H2,1H3. The van der Waals surface area contributed by atoms with E-state index in [-0.39, 0.29) is 0 Å². The maximum absolute atomic E-state index is 3.71. The van der Waals surface area contributed by atoms with E-state index in [2.05, 4.69) is 17.6 Å². The highest BCUT2D eigenvalue weighted by Gasteiger charge is 2.20. The van der Waals surface area contributed by atoms with E-state index in [1.807, 2.05) is 0 Å². The van der Waals surface area contributed by atoms with Gasteiger partial charge in [0.25, 0.3) is 0 Å². The van der Waals surface area contributed by atoms with Gasteiger partial charge in [-0.1, -0.05) is 19.8 Å². The number of rotatable bonds is 3. The van der Waals surface area contributed by atoms with E-state index in [0.29, 0.717) is 0 Å². The van der Waals surface area contributed by atoms with Gasteiger partial charge in [-0.05, 0) is 44.2 Å². The summed E-state index contributed by atoms with van der Waals surface area (Å²) in [5, 5.41) is 7.12. The Kier molecular flexibility index (Phi) is 3.82. The average molecular weight is 196 g/mol. The number of hydrogen-bond acceptors (Lipinski definition) is 2. The largest absolute Gasteiger partial charge is 0.315 e. The monoisotopic (exact) mass is 196 g/mol. The summed E-state index contributed by atoms with van der Waals surface area (Å²) in [6.07, 6.45) is 7.14. The van der Waals surface area contributed by atoms with E-state index in [4.69, 9.17) is 0 Å². The zero-order valence-corrected chi connectivity index (χ0v) is 9.39. The van der Waals surface area contributed by atoms with Gasteiger partial charge in [-0.15, -0.1) is 0 Å². The first kappa shape index (κ1) is 10.4. The predicted molar refractivity (Wildman–Crippen MR) is 60.4 cm³/mol. The van der Waals surface area contributed by atoms with E-state index in [1.54, 1.807) is 0 Å². The normalized spacial score (nSPS) is 38.8. The molecule has 0 radical (unpaired) electrons. The molecule has 0 bridgehead atoms. The molecular weight excluding hydrogens is 172 g/mol. The lowest BCUT2D eigenvalue weighted by Gasteiger charge is -2.27. The Hall–Kier alpha value is -0.0800. The van der Waals surface area contributed by atoms with Crippen LogP contribution in [0.4, 0.5) is 0 Å². The van der Waals surface area contributed by atoms with E-state index >= 15 is 0 Å². The second-order valence-electron chi connectivity index (χ2n) is 5.24. The molecule has 0 aromatic carbocycles. The number of hydrogen-bond donors (Lipinski definition) is 2. The van der Waals surface area contributed by atoms with Gasteiger partial charge in [-0.2, -0.15) is 0 Å². The van der Waals surface area contributed by atoms with E-state index in [9.17, 15) is 0 Å². The summed E-state index contributed by atoms with van der Waals surface area (Å²) in [4.78, 5) is 0. The van der Waals surface area contributed by atoms with Crippen molar-refractivity contribution >= 4 is 0 Å². The topological polar surface area (TPSA) is 24.1 Å². The van der Waals surface area contributed by atoms with Crippen LogP contribution in [0.2, 0.25) is 0 Å². The molecule has 0 amide bonds. The van der Waals surface area contributed by atoms with E-state index in [0.717, 1.165) is 17.9 Å². The minimum absolute atomic E-state index is 0.757. The van der Waals surface area contributed by atoms with Crippen molar-refractivity contribution in [2.24, 2.45) is 11.8 Å². The first-order valence-corrected chi connectivity index (χ1v) is 6.28. The van der Waals surface area contributed by atoms with Crippen molar-refractivity contribution in [3.05, 3.63) is 0 Å². The SMILES string of the molecule is CC1CCCC(CNC2CCNC2)C1. The molecule has 2 N–H and O–H groups in total. The lowest BCUT2D eigenvalue weighted by Crippen LogP contribution is -2.36. The van der Waals surface area contributed by atoms with Crippen molar-refractivity contribution in [3.63, 3.8) is 0 Å². The first-order valence-electron chi connectivity index (χ1n) is 6.28. The molecule has 2 fully saturated rings. The molecule has 1 heterocycles. The summed E-state index contributed by atoms with van der Waals surface area (Å²) in [5.74, 6) is 1.93. The molecule has 2 rings (SSSR count). The molecular formula is C12H24N2. The third-order valence-corrected chi connectivity index (χ3v) is 3.80. The Balaban J connectivity index is 1.64. The third-order valence-electron chi connectivity index (χ3n) is 3.80. The van der Waals surface area contributed by atoms with Crippen molar-refractivity contribution in [2.75, 3.05) is 19.6 Å². The van der Waals surface area contributed by atoms with Gasteiger partial charge in [0, 0.05) is 12.6 Å². The Morgan fingerprint density at radius 1 is 1.29 bits per heavy atom. The smallest absolute Gasteiger partial charge is 0.0204 e. The zero-order valence-electron chi connectivity index (χ0n) is 9.39. The molecule has 14 heavy (non-hydrogen) atoms. The van der Waals surface area contributed by atoms with Gasteiger partial charge in [-0.3, -0.25) is 0 Å². The highest BCUT2D eigenvalue weighted by Crippen LogP contribution is 2.28. The minimum Gasteiger partial charge on any atom is -0.315 e. The summed E-state index contributed by atoms with van der Waals surface area (Å²) in [7, 11) is 0. The second-order valence-corrected chi connectivity index (χ2v) is 5.24. The van der Waals surface area contributed by atoms with Crippen LogP contribution in [0.25, 0.3) is 0 Å². The van der Waals surface area contributed by atoms with Crippen molar-refractivity contribution in [1.82, 2.24) is 10.6 Å². The molecule has 0 spiro atoms. The highest BCUT2D eigenvalue weighted by atomic mass is 15.0. The quantitative estimate of drug-likeness (QED) is 0.719. The summed E-state index contributed by atoms with van der Waals surface area (Å²) >= 11 is 0. The molecule has 2 aliphatic rings. The molecule has 2 nitrogen and oxygen atoms in total. The highest BCUT2D eigenvalue weighted by molar-refractivity contribution is 4.80. The van der Waals surface area contributed by atoms with Gasteiger partial charge in [0.15, 0.2) is 0 Å². The molecule has 1 aliphatic heterocycles. The summed E-state index contributed by atoms with van der Waals surface area (Å²) in [5.41, 5.74) is 0. The van der Waals surface area contributed by atoms with Crippen molar-refractivity contribution in [1.29, 1.82) is 0 Å². The Morgan fingerprint density at radius 3 is 2.93 bits per heavy atom. The van der Waals surface area contributed by atoms with Gasteiger partial charge in [0.05, 0.1) is 0 Å². The lowest BCUT2D eigenvalue weighted by molar-refractivity contribution is 0.268. The zero-order chi connectivity index (χ0) is 9.80. The van der Waals surface area contributed by atoms with Crippen LogP contribution in [0.3, 0.4) is 0 Å².